The third-order valence-electron chi connectivity index (χ3n) is 4.86. The summed E-state index contributed by atoms with van der Waals surface area (Å²) < 4.78 is 2.13. The van der Waals surface area contributed by atoms with Gasteiger partial charge in [0.15, 0.2) is 0 Å². The average molecular weight is 491 g/mol. The minimum absolute atomic E-state index is 0.106. The average Bonchev–Trinajstić information content (AvgIpc) is 2.70. The van der Waals surface area contributed by atoms with Gasteiger partial charge in [-0.1, -0.05) is 53.5 Å². The van der Waals surface area contributed by atoms with Crippen LogP contribution in [0.2, 0.25) is 0 Å². The summed E-state index contributed by atoms with van der Waals surface area (Å²) in [5.41, 5.74) is 1.18. The Bertz CT molecular complexity index is 1100. The molecule has 3 rings (SSSR count). The van der Waals surface area contributed by atoms with Crippen LogP contribution in [0.5, 0.6) is 0 Å². The number of amides is 1. The summed E-state index contributed by atoms with van der Waals surface area (Å²) in [6.45, 7) is 3.88. The Morgan fingerprint density at radius 1 is 1.20 bits per heavy atom. The van der Waals surface area contributed by atoms with E-state index in [-0.39, 0.29) is 23.9 Å². The highest BCUT2D eigenvalue weighted by atomic mass is 79.9. The van der Waals surface area contributed by atoms with Crippen molar-refractivity contribution in [2.45, 2.75) is 52.0 Å². The van der Waals surface area contributed by atoms with Crippen molar-refractivity contribution in [3.8, 4) is 0 Å². The lowest BCUT2D eigenvalue weighted by molar-refractivity contribution is -0.121. The lowest BCUT2D eigenvalue weighted by atomic mass is 10.0. The van der Waals surface area contributed by atoms with Gasteiger partial charge in [-0.15, -0.1) is 0 Å². The van der Waals surface area contributed by atoms with E-state index in [9.17, 15) is 9.59 Å². The molecule has 1 aliphatic rings. The minimum Gasteiger partial charge on any atom is -0.325 e. The number of nitrogens with zero attached hydrogens (tertiary/aromatic N) is 2. The number of hydrogen-bond acceptors (Lipinski definition) is 3. The van der Waals surface area contributed by atoms with E-state index in [1.807, 2.05) is 38.1 Å². The Balaban J connectivity index is 1.87. The van der Waals surface area contributed by atoms with E-state index in [0.29, 0.717) is 16.1 Å². The van der Waals surface area contributed by atoms with Gasteiger partial charge in [0.1, 0.15) is 6.54 Å². The van der Waals surface area contributed by atoms with Crippen molar-refractivity contribution in [3.63, 3.8) is 0 Å². The minimum atomic E-state index is -0.302. The molecule has 0 aliphatic heterocycles. The smallest absolute Gasteiger partial charge is 0.275 e. The molecule has 0 saturated heterocycles. The molecule has 7 heteroatoms. The normalized spacial score (nSPS) is 19.6. The van der Waals surface area contributed by atoms with Crippen LogP contribution in [-0.4, -0.2) is 15.7 Å². The summed E-state index contributed by atoms with van der Waals surface area (Å²) >= 11 is 9.62. The van der Waals surface area contributed by atoms with Crippen LogP contribution in [0, 0.1) is 0 Å². The van der Waals surface area contributed by atoms with Crippen molar-refractivity contribution in [2.75, 3.05) is 0 Å². The molecular weight excluding hydrogens is 466 g/mol. The van der Waals surface area contributed by atoms with Crippen LogP contribution in [-0.2, 0) is 11.3 Å². The lowest BCUT2D eigenvalue weighted by Gasteiger charge is -2.14. The second kappa shape index (κ2) is 10.2. The van der Waals surface area contributed by atoms with Crippen LogP contribution in [0.25, 0.3) is 10.8 Å². The molecule has 1 N–H and O–H groups in total. The Morgan fingerprint density at radius 2 is 1.93 bits per heavy atom. The molecule has 1 aliphatic carbocycles. The van der Waals surface area contributed by atoms with E-state index < -0.39 is 0 Å². The molecule has 0 bridgehead atoms. The largest absolute Gasteiger partial charge is 0.325 e. The predicted octanol–water partition coefficient (Wildman–Crippen LogP) is 5.54. The van der Waals surface area contributed by atoms with E-state index in [1.165, 1.54) is 4.68 Å². The number of allylic oxidation sites excluding steroid dienone is 5. The van der Waals surface area contributed by atoms with Gasteiger partial charge in [-0.3, -0.25) is 9.59 Å². The number of nitrogens with one attached hydrogen (secondary N) is 1. The molecule has 0 radical (unpaired) electrons. The fourth-order valence-corrected chi connectivity index (χ4v) is 3.87. The zero-order chi connectivity index (χ0) is 21.7. The number of benzene rings is 1. The van der Waals surface area contributed by atoms with Crippen molar-refractivity contribution in [3.05, 3.63) is 73.8 Å². The van der Waals surface area contributed by atoms with Gasteiger partial charge in [-0.2, -0.15) is 5.10 Å². The third-order valence-corrected chi connectivity index (χ3v) is 5.63. The SMILES string of the molecule is CC(C)c1nn(CC(=O)NC2=C/CCCC/C=C(Cl)/C=C\2)c(=O)c2ccc(Br)cc12. The fourth-order valence-electron chi connectivity index (χ4n) is 3.34. The van der Waals surface area contributed by atoms with Crippen LogP contribution < -0.4 is 10.9 Å². The first-order chi connectivity index (χ1) is 14.3. The molecule has 30 heavy (non-hydrogen) atoms. The molecule has 1 aromatic heterocycles. The van der Waals surface area contributed by atoms with Crippen molar-refractivity contribution in [1.82, 2.24) is 15.1 Å². The van der Waals surface area contributed by atoms with Crippen LogP contribution in [0.1, 0.15) is 51.1 Å². The maximum atomic E-state index is 12.9. The number of hydrogen-bond donors (Lipinski definition) is 1. The number of carbonyl (C=O) groups is 1. The number of aromatic nitrogens is 2. The Labute approximate surface area is 189 Å². The summed E-state index contributed by atoms with van der Waals surface area (Å²) in [4.78, 5) is 25.6. The molecule has 0 spiro atoms. The quantitative estimate of drug-likeness (QED) is 0.612. The number of fused-ring (bicyclic) bond motifs is 1. The first-order valence-electron chi connectivity index (χ1n) is 10.1. The van der Waals surface area contributed by atoms with Crippen molar-refractivity contribution in [1.29, 1.82) is 0 Å². The summed E-state index contributed by atoms with van der Waals surface area (Å²) in [6, 6.07) is 5.49. The van der Waals surface area contributed by atoms with E-state index in [4.69, 9.17) is 11.6 Å². The van der Waals surface area contributed by atoms with Gasteiger partial charge in [-0.05, 0) is 62.0 Å². The molecule has 1 heterocycles. The number of rotatable bonds is 4. The molecule has 0 atom stereocenters. The summed E-state index contributed by atoms with van der Waals surface area (Å²) in [5.74, 6) is -0.196. The van der Waals surface area contributed by atoms with Crippen LogP contribution in [0.15, 0.2) is 62.5 Å². The molecule has 1 aromatic carbocycles. The molecule has 1 amide bonds. The standard InChI is InChI=1S/C23H25BrClN3O2/c1-15(2)22-20-13-16(24)9-12-19(20)23(30)28(27-22)14-21(29)26-18-8-6-4-3-5-7-17(25)10-11-18/h7-13,15H,3-6,14H2,1-2H3,(H,26,29)/b11-10-,17-7-,18-8+. The monoisotopic (exact) mass is 489 g/mol. The topological polar surface area (TPSA) is 64.0 Å². The van der Waals surface area contributed by atoms with Crippen LogP contribution in [0.3, 0.4) is 0 Å². The Hall–Kier alpha value is -2.18. The first-order valence-corrected chi connectivity index (χ1v) is 11.3. The van der Waals surface area contributed by atoms with Gasteiger partial charge in [0.2, 0.25) is 5.91 Å². The van der Waals surface area contributed by atoms with Crippen molar-refractivity contribution < 1.29 is 4.79 Å². The van der Waals surface area contributed by atoms with Gasteiger partial charge in [-0.25, -0.2) is 4.68 Å². The highest BCUT2D eigenvalue weighted by Crippen LogP contribution is 2.24. The predicted molar refractivity (Wildman–Crippen MR) is 126 cm³/mol. The maximum Gasteiger partial charge on any atom is 0.275 e. The molecule has 0 unspecified atom stereocenters. The van der Waals surface area contributed by atoms with Crippen LogP contribution in [0.4, 0.5) is 0 Å². The summed E-state index contributed by atoms with van der Waals surface area (Å²) in [5, 5.41) is 9.39. The van der Waals surface area contributed by atoms with Crippen molar-refractivity contribution in [2.24, 2.45) is 0 Å². The lowest BCUT2D eigenvalue weighted by Crippen LogP contribution is -2.34. The zero-order valence-electron chi connectivity index (χ0n) is 17.1. The second-order valence-electron chi connectivity index (χ2n) is 7.61. The van der Waals surface area contributed by atoms with Gasteiger partial charge in [0, 0.05) is 20.6 Å². The molecule has 0 saturated carbocycles. The van der Waals surface area contributed by atoms with E-state index in [1.54, 1.807) is 18.2 Å². The highest BCUT2D eigenvalue weighted by molar-refractivity contribution is 9.10. The summed E-state index contributed by atoms with van der Waals surface area (Å²) in [7, 11) is 0. The fraction of sp³-hybridized carbons (Fsp3) is 0.348. The van der Waals surface area contributed by atoms with Crippen molar-refractivity contribution >= 4 is 44.2 Å². The molecule has 158 valence electrons. The molecule has 0 fully saturated rings. The molecule has 5 nitrogen and oxygen atoms in total. The number of halogens is 2. The van der Waals surface area contributed by atoms with Crippen LogP contribution >= 0.6 is 27.5 Å². The maximum absolute atomic E-state index is 12.9. The summed E-state index contributed by atoms with van der Waals surface area (Å²) in [6.07, 6.45) is 11.4. The van der Waals surface area contributed by atoms with Gasteiger partial charge < -0.3 is 5.32 Å². The van der Waals surface area contributed by atoms with Gasteiger partial charge in [0.25, 0.3) is 5.56 Å². The first kappa shape index (κ1) is 22.5. The molecule has 2 aromatic rings. The zero-order valence-corrected chi connectivity index (χ0v) is 19.5. The van der Waals surface area contributed by atoms with Gasteiger partial charge in [0.05, 0.1) is 11.1 Å². The second-order valence-corrected chi connectivity index (χ2v) is 8.96. The third kappa shape index (κ3) is 5.70. The molecular formula is C23H25BrClN3O2. The Kier molecular flexibility index (Phi) is 7.67. The van der Waals surface area contributed by atoms with Gasteiger partial charge >= 0.3 is 0 Å². The van der Waals surface area contributed by atoms with E-state index in [2.05, 4.69) is 26.3 Å². The Morgan fingerprint density at radius 3 is 2.67 bits per heavy atom. The van der Waals surface area contributed by atoms with E-state index in [0.717, 1.165) is 41.2 Å². The number of carbonyl (C=O) groups excluding carboxylic acids is 1. The highest BCUT2D eigenvalue weighted by Gasteiger charge is 2.15. The van der Waals surface area contributed by atoms with E-state index >= 15 is 0 Å².